The predicted molar refractivity (Wildman–Crippen MR) is 43.8 cm³/mol. The van der Waals surface area contributed by atoms with Gasteiger partial charge in [0.15, 0.2) is 0 Å². The number of fused-ring (bicyclic) bond motifs is 1. The monoisotopic (exact) mass is 136 g/mol. The van der Waals surface area contributed by atoms with Crippen molar-refractivity contribution in [2.75, 3.05) is 0 Å². The molecule has 1 saturated carbocycles. The van der Waals surface area contributed by atoms with E-state index in [-0.39, 0.29) is 0 Å². The number of rotatable bonds is 0. The van der Waals surface area contributed by atoms with Crippen molar-refractivity contribution in [1.82, 2.24) is 0 Å². The van der Waals surface area contributed by atoms with E-state index in [0.717, 1.165) is 5.92 Å². The van der Waals surface area contributed by atoms with E-state index in [2.05, 4.69) is 19.1 Å². The van der Waals surface area contributed by atoms with Crippen LogP contribution in [0.2, 0.25) is 0 Å². The molecule has 2 atom stereocenters. The Kier molecular flexibility index (Phi) is 1.36. The van der Waals surface area contributed by atoms with Gasteiger partial charge in [0.25, 0.3) is 0 Å². The first kappa shape index (κ1) is 6.45. The standard InChI is InChI=1S/C10H16/c1-10-7-3-2-5-9(10)6-4-8-10/h2,5,9H,3-4,6-8H2,1H3/t9-,10+/m0/s1. The van der Waals surface area contributed by atoms with Gasteiger partial charge in [0.1, 0.15) is 0 Å². The van der Waals surface area contributed by atoms with E-state index in [1.54, 1.807) is 0 Å². The van der Waals surface area contributed by atoms with Crippen LogP contribution in [0, 0.1) is 11.3 Å². The third kappa shape index (κ3) is 0.817. The molecule has 0 nitrogen and oxygen atoms in total. The van der Waals surface area contributed by atoms with Crippen LogP contribution in [0.25, 0.3) is 0 Å². The zero-order valence-electron chi connectivity index (χ0n) is 6.77. The second kappa shape index (κ2) is 2.11. The van der Waals surface area contributed by atoms with Gasteiger partial charge >= 0.3 is 0 Å². The summed E-state index contributed by atoms with van der Waals surface area (Å²) < 4.78 is 0. The Labute approximate surface area is 63.3 Å². The maximum atomic E-state index is 2.47. The fourth-order valence-electron chi connectivity index (χ4n) is 2.57. The highest BCUT2D eigenvalue weighted by molar-refractivity contribution is 5.05. The highest BCUT2D eigenvalue weighted by Crippen LogP contribution is 2.49. The van der Waals surface area contributed by atoms with Gasteiger partial charge in [-0.05, 0) is 37.0 Å². The lowest BCUT2D eigenvalue weighted by Gasteiger charge is -2.32. The molecule has 0 bridgehead atoms. The minimum Gasteiger partial charge on any atom is -0.0882 e. The van der Waals surface area contributed by atoms with Crippen LogP contribution in [0.15, 0.2) is 12.2 Å². The zero-order chi connectivity index (χ0) is 7.03. The van der Waals surface area contributed by atoms with Crippen LogP contribution in [0.4, 0.5) is 0 Å². The highest BCUT2D eigenvalue weighted by atomic mass is 14.4. The van der Waals surface area contributed by atoms with E-state index >= 15 is 0 Å². The van der Waals surface area contributed by atoms with Gasteiger partial charge in [0, 0.05) is 0 Å². The molecule has 0 spiro atoms. The zero-order valence-corrected chi connectivity index (χ0v) is 6.77. The maximum Gasteiger partial charge on any atom is -0.0179 e. The molecule has 0 radical (unpaired) electrons. The van der Waals surface area contributed by atoms with Gasteiger partial charge in [0.05, 0.1) is 0 Å². The number of allylic oxidation sites excluding steroid dienone is 2. The molecule has 0 aliphatic heterocycles. The fourth-order valence-corrected chi connectivity index (χ4v) is 2.57. The molecular formula is C10H16. The van der Waals surface area contributed by atoms with E-state index in [1.165, 1.54) is 32.1 Å². The van der Waals surface area contributed by atoms with Crippen molar-refractivity contribution in [3.05, 3.63) is 12.2 Å². The van der Waals surface area contributed by atoms with Gasteiger partial charge in [-0.3, -0.25) is 0 Å². The first-order valence-electron chi connectivity index (χ1n) is 4.48. The Morgan fingerprint density at radius 3 is 3.10 bits per heavy atom. The van der Waals surface area contributed by atoms with E-state index in [1.807, 2.05) is 0 Å². The molecule has 0 aromatic rings. The predicted octanol–water partition coefficient (Wildman–Crippen LogP) is 3.14. The summed E-state index contributed by atoms with van der Waals surface area (Å²) in [7, 11) is 0. The van der Waals surface area contributed by atoms with Crippen molar-refractivity contribution in [3.63, 3.8) is 0 Å². The van der Waals surface area contributed by atoms with E-state index in [9.17, 15) is 0 Å². The highest BCUT2D eigenvalue weighted by Gasteiger charge is 2.37. The summed E-state index contributed by atoms with van der Waals surface area (Å²) >= 11 is 0. The van der Waals surface area contributed by atoms with Crippen LogP contribution < -0.4 is 0 Å². The molecule has 0 heterocycles. The van der Waals surface area contributed by atoms with Gasteiger partial charge in [-0.1, -0.05) is 25.5 Å². The minimum atomic E-state index is 0.703. The number of hydrogen-bond acceptors (Lipinski definition) is 0. The van der Waals surface area contributed by atoms with Crippen molar-refractivity contribution >= 4 is 0 Å². The average molecular weight is 136 g/mol. The molecule has 2 aliphatic rings. The van der Waals surface area contributed by atoms with Gasteiger partial charge in [-0.2, -0.15) is 0 Å². The van der Waals surface area contributed by atoms with Crippen molar-refractivity contribution in [1.29, 1.82) is 0 Å². The molecule has 0 unspecified atom stereocenters. The Morgan fingerprint density at radius 2 is 2.30 bits per heavy atom. The lowest BCUT2D eigenvalue weighted by Crippen LogP contribution is -2.22. The Morgan fingerprint density at radius 1 is 1.40 bits per heavy atom. The molecule has 1 fully saturated rings. The van der Waals surface area contributed by atoms with Crippen molar-refractivity contribution in [3.8, 4) is 0 Å². The fraction of sp³-hybridized carbons (Fsp3) is 0.800. The Bertz CT molecular complexity index is 157. The molecule has 0 aromatic carbocycles. The number of hydrogen-bond donors (Lipinski definition) is 0. The largest absolute Gasteiger partial charge is 0.0882 e. The second-order valence-electron chi connectivity index (χ2n) is 4.12. The van der Waals surface area contributed by atoms with Gasteiger partial charge in [-0.15, -0.1) is 0 Å². The molecule has 0 saturated heterocycles. The van der Waals surface area contributed by atoms with Gasteiger partial charge in [-0.25, -0.2) is 0 Å². The van der Waals surface area contributed by atoms with Gasteiger partial charge < -0.3 is 0 Å². The van der Waals surface area contributed by atoms with Crippen LogP contribution >= 0.6 is 0 Å². The normalized spacial score (nSPS) is 45.5. The molecule has 10 heavy (non-hydrogen) atoms. The van der Waals surface area contributed by atoms with E-state index in [0.29, 0.717) is 5.41 Å². The summed E-state index contributed by atoms with van der Waals surface area (Å²) in [4.78, 5) is 0. The first-order chi connectivity index (χ1) is 4.81. The molecule has 56 valence electrons. The summed E-state index contributed by atoms with van der Waals surface area (Å²) in [5.74, 6) is 0.932. The van der Waals surface area contributed by atoms with Crippen LogP contribution in [-0.4, -0.2) is 0 Å². The summed E-state index contributed by atoms with van der Waals surface area (Å²) in [6, 6.07) is 0. The first-order valence-corrected chi connectivity index (χ1v) is 4.48. The second-order valence-corrected chi connectivity index (χ2v) is 4.12. The molecule has 0 amide bonds. The van der Waals surface area contributed by atoms with Crippen molar-refractivity contribution < 1.29 is 0 Å². The third-order valence-corrected chi connectivity index (χ3v) is 3.41. The topological polar surface area (TPSA) is 0 Å². The van der Waals surface area contributed by atoms with Crippen molar-refractivity contribution in [2.24, 2.45) is 11.3 Å². The summed E-state index contributed by atoms with van der Waals surface area (Å²) in [5, 5.41) is 0. The smallest absolute Gasteiger partial charge is 0.0179 e. The van der Waals surface area contributed by atoms with Crippen LogP contribution in [-0.2, 0) is 0 Å². The average Bonchev–Trinajstić information content (AvgIpc) is 2.29. The molecule has 2 rings (SSSR count). The van der Waals surface area contributed by atoms with E-state index in [4.69, 9.17) is 0 Å². The molecular weight excluding hydrogens is 120 g/mol. The van der Waals surface area contributed by atoms with Crippen LogP contribution in [0.1, 0.15) is 39.0 Å². The van der Waals surface area contributed by atoms with E-state index < -0.39 is 0 Å². The lowest BCUT2D eigenvalue weighted by molar-refractivity contribution is 0.239. The summed E-state index contributed by atoms with van der Waals surface area (Å²) in [6.45, 7) is 2.47. The SMILES string of the molecule is C[C@]12CCC=C[C@H]1CCC2. The third-order valence-electron chi connectivity index (χ3n) is 3.41. The Balaban J connectivity index is 2.22. The molecule has 0 N–H and O–H groups in total. The van der Waals surface area contributed by atoms with Crippen molar-refractivity contribution in [2.45, 2.75) is 39.0 Å². The summed E-state index contributed by atoms with van der Waals surface area (Å²) in [6.07, 6.45) is 12.0. The quantitative estimate of drug-likeness (QED) is 0.449. The lowest BCUT2D eigenvalue weighted by atomic mass is 9.73. The van der Waals surface area contributed by atoms with Crippen LogP contribution in [0.5, 0.6) is 0 Å². The van der Waals surface area contributed by atoms with Crippen LogP contribution in [0.3, 0.4) is 0 Å². The Hall–Kier alpha value is -0.260. The molecule has 0 heteroatoms. The summed E-state index contributed by atoms with van der Waals surface area (Å²) in [5.41, 5.74) is 0.703. The molecule has 2 aliphatic carbocycles. The maximum absolute atomic E-state index is 2.47. The molecule has 0 aromatic heterocycles. The van der Waals surface area contributed by atoms with Gasteiger partial charge in [0.2, 0.25) is 0 Å². The minimum absolute atomic E-state index is 0.703.